The summed E-state index contributed by atoms with van der Waals surface area (Å²) in [5.74, 6) is 0. The topological polar surface area (TPSA) is 0 Å². The highest BCUT2D eigenvalue weighted by Crippen LogP contribution is 2.55. The van der Waals surface area contributed by atoms with Crippen molar-refractivity contribution < 1.29 is 0 Å². The standard InChI is InChI=1S/C53H36/c1-53(2)48-18-9-8-13-40(48)41-29-27-39(32-49(41)53)38-28-30-45-47(31-38)44-16-10-17-46-50(42-14-6-7-15-43(42)51(45)52(44)46)37-25-23-36(24-26-37)35-21-19-34(20-22-35)33-11-4-3-5-12-33/h3-32H,1-2H3. The molecule has 0 atom stereocenters. The summed E-state index contributed by atoms with van der Waals surface area (Å²) < 4.78 is 0. The van der Waals surface area contributed by atoms with Crippen LogP contribution < -0.4 is 0 Å². The Balaban J connectivity index is 1.02. The molecule has 0 amide bonds. The Morgan fingerprint density at radius 1 is 0.283 bits per heavy atom. The average molecular weight is 673 g/mol. The maximum Gasteiger partial charge on any atom is 0.0159 e. The molecular weight excluding hydrogens is 637 g/mol. The van der Waals surface area contributed by atoms with E-state index in [1.807, 2.05) is 0 Å². The van der Waals surface area contributed by atoms with Crippen LogP contribution in [-0.4, -0.2) is 0 Å². The fraction of sp³-hybridized carbons (Fsp3) is 0.0566. The van der Waals surface area contributed by atoms with Crippen molar-refractivity contribution in [1.82, 2.24) is 0 Å². The Morgan fingerprint density at radius 3 is 1.49 bits per heavy atom. The molecule has 0 spiro atoms. The van der Waals surface area contributed by atoms with Crippen LogP contribution >= 0.6 is 0 Å². The van der Waals surface area contributed by atoms with Gasteiger partial charge in [-0.1, -0.05) is 184 Å². The van der Waals surface area contributed by atoms with Gasteiger partial charge >= 0.3 is 0 Å². The van der Waals surface area contributed by atoms with Crippen LogP contribution in [0.2, 0.25) is 0 Å². The van der Waals surface area contributed by atoms with E-state index in [4.69, 9.17) is 0 Å². The van der Waals surface area contributed by atoms with E-state index in [1.165, 1.54) is 111 Å². The molecule has 11 rings (SSSR count). The summed E-state index contributed by atoms with van der Waals surface area (Å²) >= 11 is 0. The fourth-order valence-electron chi connectivity index (χ4n) is 9.41. The molecule has 0 N–H and O–H groups in total. The summed E-state index contributed by atoms with van der Waals surface area (Å²) in [4.78, 5) is 0. The molecule has 0 unspecified atom stereocenters. The summed E-state index contributed by atoms with van der Waals surface area (Å²) in [5.41, 5.74) is 20.9. The molecule has 0 heterocycles. The maximum atomic E-state index is 2.44. The maximum absolute atomic E-state index is 2.44. The average Bonchev–Trinajstić information content (AvgIpc) is 3.67. The Morgan fingerprint density at radius 2 is 0.774 bits per heavy atom. The molecule has 0 saturated carbocycles. The van der Waals surface area contributed by atoms with Crippen LogP contribution in [0.15, 0.2) is 182 Å². The molecule has 0 heteroatoms. The third kappa shape index (κ3) is 4.42. The van der Waals surface area contributed by atoms with Crippen molar-refractivity contribution in [3.05, 3.63) is 193 Å². The smallest absolute Gasteiger partial charge is 0.0159 e. The van der Waals surface area contributed by atoms with Gasteiger partial charge in [0.05, 0.1) is 0 Å². The molecule has 0 radical (unpaired) electrons. The van der Waals surface area contributed by atoms with Gasteiger partial charge in [0.25, 0.3) is 0 Å². The summed E-state index contributed by atoms with van der Waals surface area (Å²) in [6.07, 6.45) is 0. The van der Waals surface area contributed by atoms with Gasteiger partial charge in [-0.2, -0.15) is 0 Å². The van der Waals surface area contributed by atoms with Crippen LogP contribution in [0.5, 0.6) is 0 Å². The van der Waals surface area contributed by atoms with Crippen molar-refractivity contribution in [2.24, 2.45) is 0 Å². The first-order valence-corrected chi connectivity index (χ1v) is 18.7. The van der Waals surface area contributed by atoms with Crippen molar-refractivity contribution in [3.63, 3.8) is 0 Å². The predicted octanol–water partition coefficient (Wildman–Crippen LogP) is 14.6. The van der Waals surface area contributed by atoms with Gasteiger partial charge in [0.1, 0.15) is 0 Å². The Bertz CT molecular complexity index is 2920. The van der Waals surface area contributed by atoms with Gasteiger partial charge < -0.3 is 0 Å². The van der Waals surface area contributed by atoms with Gasteiger partial charge in [0.2, 0.25) is 0 Å². The Hall–Kier alpha value is -6.50. The SMILES string of the molecule is CC1(C)c2ccccc2-c2ccc(-c3ccc4c(c3)-c3cccc5c(-c6ccc(-c7ccc(-c8ccccc8)cc7)cc6)c6ccccc6c-4c35)cc21. The number of benzene rings is 9. The van der Waals surface area contributed by atoms with Crippen molar-refractivity contribution >= 4 is 21.5 Å². The monoisotopic (exact) mass is 672 g/mol. The third-order valence-electron chi connectivity index (χ3n) is 12.0. The number of rotatable bonds is 4. The first-order valence-electron chi connectivity index (χ1n) is 18.7. The lowest BCUT2D eigenvalue weighted by molar-refractivity contribution is 0.660. The van der Waals surface area contributed by atoms with Crippen LogP contribution in [0.1, 0.15) is 25.0 Å². The molecule has 0 aliphatic heterocycles. The van der Waals surface area contributed by atoms with Gasteiger partial charge in [-0.15, -0.1) is 0 Å². The zero-order valence-electron chi connectivity index (χ0n) is 29.8. The molecule has 2 aliphatic carbocycles. The lowest BCUT2D eigenvalue weighted by Crippen LogP contribution is -2.14. The fourth-order valence-corrected chi connectivity index (χ4v) is 9.41. The Labute approximate surface area is 310 Å². The lowest BCUT2D eigenvalue weighted by Gasteiger charge is -2.22. The van der Waals surface area contributed by atoms with Crippen molar-refractivity contribution in [3.8, 4) is 77.9 Å². The van der Waals surface area contributed by atoms with Gasteiger partial charge in [-0.25, -0.2) is 0 Å². The number of hydrogen-bond donors (Lipinski definition) is 0. The first-order chi connectivity index (χ1) is 26.0. The van der Waals surface area contributed by atoms with Crippen molar-refractivity contribution in [2.45, 2.75) is 19.3 Å². The third-order valence-corrected chi connectivity index (χ3v) is 12.0. The number of hydrogen-bond acceptors (Lipinski definition) is 0. The van der Waals surface area contributed by atoms with E-state index < -0.39 is 0 Å². The normalized spacial score (nSPS) is 13.2. The molecule has 248 valence electrons. The second kappa shape index (κ2) is 11.2. The molecule has 2 aliphatic rings. The van der Waals surface area contributed by atoms with E-state index in [2.05, 4.69) is 196 Å². The molecule has 53 heavy (non-hydrogen) atoms. The predicted molar refractivity (Wildman–Crippen MR) is 225 cm³/mol. The molecule has 0 aromatic heterocycles. The highest BCUT2D eigenvalue weighted by molar-refractivity contribution is 6.29. The zero-order chi connectivity index (χ0) is 35.3. The summed E-state index contributed by atoms with van der Waals surface area (Å²) in [7, 11) is 0. The van der Waals surface area contributed by atoms with Gasteiger partial charge in [0, 0.05) is 5.41 Å². The van der Waals surface area contributed by atoms with Gasteiger partial charge in [-0.3, -0.25) is 0 Å². The summed E-state index contributed by atoms with van der Waals surface area (Å²) in [6.45, 7) is 4.72. The van der Waals surface area contributed by atoms with Crippen LogP contribution in [-0.2, 0) is 5.41 Å². The zero-order valence-corrected chi connectivity index (χ0v) is 29.8. The van der Waals surface area contributed by atoms with Crippen LogP contribution in [0.4, 0.5) is 0 Å². The Kier molecular flexibility index (Phi) is 6.40. The molecular formula is C53H36. The largest absolute Gasteiger partial charge is 0.0622 e. The van der Waals surface area contributed by atoms with Gasteiger partial charge in [0.15, 0.2) is 0 Å². The van der Waals surface area contributed by atoms with Gasteiger partial charge in [-0.05, 0) is 123 Å². The number of fused-ring (bicyclic) bond motifs is 8. The van der Waals surface area contributed by atoms with E-state index in [9.17, 15) is 0 Å². The lowest BCUT2D eigenvalue weighted by atomic mass is 9.81. The highest BCUT2D eigenvalue weighted by atomic mass is 14.4. The second-order valence-corrected chi connectivity index (χ2v) is 15.2. The minimum absolute atomic E-state index is 0.0268. The molecule has 0 bridgehead atoms. The van der Waals surface area contributed by atoms with Crippen LogP contribution in [0.25, 0.3) is 99.4 Å². The summed E-state index contributed by atoms with van der Waals surface area (Å²) in [6, 6.07) is 67.7. The minimum atomic E-state index is -0.0268. The quantitative estimate of drug-likeness (QED) is 0.163. The molecule has 0 nitrogen and oxygen atoms in total. The minimum Gasteiger partial charge on any atom is -0.0622 e. The molecule has 9 aromatic carbocycles. The first kappa shape index (κ1) is 30.2. The van der Waals surface area contributed by atoms with Crippen molar-refractivity contribution in [1.29, 1.82) is 0 Å². The van der Waals surface area contributed by atoms with E-state index >= 15 is 0 Å². The van der Waals surface area contributed by atoms with Crippen molar-refractivity contribution in [2.75, 3.05) is 0 Å². The van der Waals surface area contributed by atoms with Crippen LogP contribution in [0.3, 0.4) is 0 Å². The molecule has 9 aromatic rings. The van der Waals surface area contributed by atoms with Crippen LogP contribution in [0, 0.1) is 0 Å². The molecule has 0 fully saturated rings. The van der Waals surface area contributed by atoms with E-state index in [0.717, 1.165) is 0 Å². The molecule has 0 saturated heterocycles. The van der Waals surface area contributed by atoms with E-state index in [0.29, 0.717) is 0 Å². The van der Waals surface area contributed by atoms with E-state index in [-0.39, 0.29) is 5.41 Å². The second-order valence-electron chi connectivity index (χ2n) is 15.2. The summed E-state index contributed by atoms with van der Waals surface area (Å²) in [5, 5.41) is 5.28. The highest BCUT2D eigenvalue weighted by Gasteiger charge is 2.35. The van der Waals surface area contributed by atoms with E-state index in [1.54, 1.807) is 0 Å².